The lowest BCUT2D eigenvalue weighted by Crippen LogP contribution is -2.13. The number of carbonyl (C=O) groups excluding carboxylic acids is 2. The van der Waals surface area contributed by atoms with E-state index >= 15 is 0 Å². The average Bonchev–Trinajstić information content (AvgIpc) is 3.01. The summed E-state index contributed by atoms with van der Waals surface area (Å²) in [4.78, 5) is 38.7. The third-order valence-corrected chi connectivity index (χ3v) is 4.72. The van der Waals surface area contributed by atoms with E-state index in [1.807, 2.05) is 19.1 Å². The second-order valence-corrected chi connectivity index (χ2v) is 6.80. The number of nitrogens with one attached hydrogen (secondary N) is 1. The Morgan fingerprint density at radius 2 is 1.88 bits per heavy atom. The Labute approximate surface area is 152 Å². The number of non-ortho nitro benzene ring substituents is 1. The molecule has 7 nitrogen and oxygen atoms in total. The second-order valence-electron chi connectivity index (χ2n) is 5.77. The lowest BCUT2D eigenvalue weighted by Gasteiger charge is -2.02. The van der Waals surface area contributed by atoms with Gasteiger partial charge in [0.25, 0.3) is 5.69 Å². The molecule has 0 aliphatic rings. The summed E-state index contributed by atoms with van der Waals surface area (Å²) in [6.45, 7) is 1.94. The maximum absolute atomic E-state index is 12.1. The Bertz CT molecular complexity index is 995. The number of rotatable bonds is 6. The van der Waals surface area contributed by atoms with Gasteiger partial charge in [0.1, 0.15) is 0 Å². The smallest absolute Gasteiger partial charge is 0.270 e. The molecule has 1 heterocycles. The van der Waals surface area contributed by atoms with Crippen LogP contribution in [0.5, 0.6) is 0 Å². The second kappa shape index (κ2) is 7.40. The molecule has 3 rings (SSSR count). The molecule has 26 heavy (non-hydrogen) atoms. The lowest BCUT2D eigenvalue weighted by molar-refractivity contribution is -0.384. The number of carbonyl (C=O) groups is 2. The number of nitrogens with zero attached hydrogens (tertiary/aromatic N) is 2. The monoisotopic (exact) mass is 369 g/mol. The van der Waals surface area contributed by atoms with Crippen molar-refractivity contribution in [1.29, 1.82) is 0 Å². The zero-order valence-electron chi connectivity index (χ0n) is 13.9. The zero-order valence-corrected chi connectivity index (χ0v) is 14.7. The van der Waals surface area contributed by atoms with Crippen LogP contribution in [0, 0.1) is 17.0 Å². The van der Waals surface area contributed by atoms with Gasteiger partial charge in [0.05, 0.1) is 15.1 Å². The molecule has 0 spiro atoms. The summed E-state index contributed by atoms with van der Waals surface area (Å²) in [7, 11) is 0. The Kier molecular flexibility index (Phi) is 5.04. The molecule has 2 aromatic carbocycles. The topological polar surface area (TPSA) is 102 Å². The van der Waals surface area contributed by atoms with E-state index in [1.165, 1.54) is 12.1 Å². The van der Waals surface area contributed by atoms with E-state index in [0.29, 0.717) is 20.9 Å². The number of hydrogen-bond acceptors (Lipinski definition) is 6. The van der Waals surface area contributed by atoms with Crippen LogP contribution < -0.4 is 5.32 Å². The van der Waals surface area contributed by atoms with Crippen molar-refractivity contribution in [3.63, 3.8) is 0 Å². The van der Waals surface area contributed by atoms with Crippen molar-refractivity contribution in [2.24, 2.45) is 0 Å². The quantitative estimate of drug-likeness (QED) is 0.400. The summed E-state index contributed by atoms with van der Waals surface area (Å²) in [6.07, 6.45) is 0.147. The van der Waals surface area contributed by atoms with Gasteiger partial charge in [-0.25, -0.2) is 4.98 Å². The molecule has 0 atom stereocenters. The van der Waals surface area contributed by atoms with Crippen LogP contribution in [0.4, 0.5) is 10.8 Å². The van der Waals surface area contributed by atoms with Gasteiger partial charge in [-0.1, -0.05) is 41.2 Å². The number of nitro groups is 1. The molecule has 0 saturated heterocycles. The van der Waals surface area contributed by atoms with E-state index < -0.39 is 4.92 Å². The molecule has 1 N–H and O–H groups in total. The number of Topliss-reactive ketones (excluding diaryl/α,β-unsaturated/α-hetero) is 1. The van der Waals surface area contributed by atoms with Crippen molar-refractivity contribution >= 4 is 44.1 Å². The van der Waals surface area contributed by atoms with Crippen molar-refractivity contribution in [1.82, 2.24) is 4.98 Å². The number of thiazole rings is 1. The molecule has 1 amide bonds. The predicted octanol–water partition coefficient (Wildman–Crippen LogP) is 4.11. The average molecular weight is 369 g/mol. The first-order valence-corrected chi connectivity index (χ1v) is 8.69. The molecule has 1 aromatic heterocycles. The molecule has 0 aliphatic heterocycles. The van der Waals surface area contributed by atoms with Crippen LogP contribution in [0.3, 0.4) is 0 Å². The molecule has 0 bridgehead atoms. The number of aryl methyl sites for hydroxylation is 1. The molecule has 0 fully saturated rings. The van der Waals surface area contributed by atoms with Crippen LogP contribution in [0.25, 0.3) is 10.2 Å². The summed E-state index contributed by atoms with van der Waals surface area (Å²) < 4.78 is 0.616. The van der Waals surface area contributed by atoms with Crippen molar-refractivity contribution in [2.75, 3.05) is 5.32 Å². The number of aromatic nitrogens is 1. The van der Waals surface area contributed by atoms with Crippen LogP contribution in [0.2, 0.25) is 0 Å². The van der Waals surface area contributed by atoms with E-state index in [9.17, 15) is 19.7 Å². The molecular weight excluding hydrogens is 354 g/mol. The number of ketones is 1. The van der Waals surface area contributed by atoms with E-state index in [1.54, 1.807) is 18.2 Å². The number of fused-ring (bicyclic) bond motifs is 1. The normalized spacial score (nSPS) is 10.7. The van der Waals surface area contributed by atoms with Gasteiger partial charge >= 0.3 is 0 Å². The molecule has 132 valence electrons. The Balaban J connectivity index is 1.61. The van der Waals surface area contributed by atoms with Gasteiger partial charge in [-0.3, -0.25) is 19.7 Å². The van der Waals surface area contributed by atoms with Crippen LogP contribution in [0.15, 0.2) is 42.5 Å². The number of hydrogen-bond donors (Lipinski definition) is 1. The molecular formula is C18H15N3O4S. The highest BCUT2D eigenvalue weighted by Gasteiger charge is 2.13. The molecule has 3 aromatic rings. The zero-order chi connectivity index (χ0) is 18.7. The minimum atomic E-state index is -0.478. The van der Waals surface area contributed by atoms with Crippen LogP contribution in [-0.2, 0) is 4.79 Å². The van der Waals surface area contributed by atoms with Crippen LogP contribution >= 0.6 is 11.3 Å². The van der Waals surface area contributed by atoms with Gasteiger partial charge in [0.15, 0.2) is 10.9 Å². The Hall–Kier alpha value is -3.13. The Morgan fingerprint density at radius 3 is 2.58 bits per heavy atom. The summed E-state index contributed by atoms with van der Waals surface area (Å²) >= 11 is 1.16. The third-order valence-electron chi connectivity index (χ3n) is 3.78. The SMILES string of the molecule is Cc1ccc(C(=O)CCC(=O)Nc2nc3ccc([N+](=O)[O-])cc3s2)cc1. The molecule has 0 saturated carbocycles. The van der Waals surface area contributed by atoms with Crippen LogP contribution in [0.1, 0.15) is 28.8 Å². The van der Waals surface area contributed by atoms with Gasteiger partial charge in [0, 0.05) is 30.5 Å². The number of anilines is 1. The summed E-state index contributed by atoms with van der Waals surface area (Å²) in [5.74, 6) is -0.418. The van der Waals surface area contributed by atoms with Gasteiger partial charge in [-0.2, -0.15) is 0 Å². The van der Waals surface area contributed by atoms with E-state index in [-0.39, 0.29) is 30.2 Å². The fourth-order valence-corrected chi connectivity index (χ4v) is 3.29. The van der Waals surface area contributed by atoms with Crippen molar-refractivity contribution in [3.8, 4) is 0 Å². The van der Waals surface area contributed by atoms with Gasteiger partial charge in [-0.05, 0) is 13.0 Å². The molecule has 0 unspecified atom stereocenters. The van der Waals surface area contributed by atoms with E-state index in [0.717, 1.165) is 16.9 Å². The van der Waals surface area contributed by atoms with Gasteiger partial charge < -0.3 is 5.32 Å². The lowest BCUT2D eigenvalue weighted by atomic mass is 10.1. The molecule has 0 radical (unpaired) electrons. The van der Waals surface area contributed by atoms with Crippen molar-refractivity contribution in [2.45, 2.75) is 19.8 Å². The minimum Gasteiger partial charge on any atom is -0.302 e. The number of benzene rings is 2. The largest absolute Gasteiger partial charge is 0.302 e. The highest BCUT2D eigenvalue weighted by molar-refractivity contribution is 7.22. The minimum absolute atomic E-state index is 0.0253. The standard InChI is InChI=1S/C18H15N3O4S/c1-11-2-4-12(5-3-11)15(22)8-9-17(23)20-18-19-14-7-6-13(21(24)25)10-16(14)26-18/h2-7,10H,8-9H2,1H3,(H,19,20,23). The van der Waals surface area contributed by atoms with Gasteiger partial charge in [-0.15, -0.1) is 0 Å². The first kappa shape index (κ1) is 17.7. The van der Waals surface area contributed by atoms with E-state index in [2.05, 4.69) is 10.3 Å². The summed E-state index contributed by atoms with van der Waals surface area (Å²) in [6, 6.07) is 11.5. The van der Waals surface area contributed by atoms with Crippen LogP contribution in [-0.4, -0.2) is 21.6 Å². The fourth-order valence-electron chi connectivity index (χ4n) is 2.37. The summed E-state index contributed by atoms with van der Waals surface area (Å²) in [5, 5.41) is 13.8. The highest BCUT2D eigenvalue weighted by atomic mass is 32.1. The predicted molar refractivity (Wildman–Crippen MR) is 99.6 cm³/mol. The maximum atomic E-state index is 12.1. The molecule has 0 aliphatic carbocycles. The van der Waals surface area contributed by atoms with E-state index in [4.69, 9.17) is 0 Å². The van der Waals surface area contributed by atoms with Gasteiger partial charge in [0.2, 0.25) is 5.91 Å². The first-order chi connectivity index (χ1) is 12.4. The van der Waals surface area contributed by atoms with Crippen molar-refractivity contribution in [3.05, 3.63) is 63.7 Å². The fraction of sp³-hybridized carbons (Fsp3) is 0.167. The number of nitro benzene ring substituents is 1. The van der Waals surface area contributed by atoms with Crippen molar-refractivity contribution < 1.29 is 14.5 Å². The summed E-state index contributed by atoms with van der Waals surface area (Å²) in [5.41, 5.74) is 2.19. The third kappa shape index (κ3) is 4.09. The molecule has 8 heteroatoms. The first-order valence-electron chi connectivity index (χ1n) is 7.87. The Morgan fingerprint density at radius 1 is 1.15 bits per heavy atom. The highest BCUT2D eigenvalue weighted by Crippen LogP contribution is 2.29. The number of amides is 1. The maximum Gasteiger partial charge on any atom is 0.270 e.